The van der Waals surface area contributed by atoms with Crippen LogP contribution >= 0.6 is 11.3 Å². The number of rotatable bonds is 3. The van der Waals surface area contributed by atoms with Crippen molar-refractivity contribution in [2.24, 2.45) is 0 Å². The summed E-state index contributed by atoms with van der Waals surface area (Å²) in [6.45, 7) is 7.14. The van der Waals surface area contributed by atoms with Gasteiger partial charge in [-0.3, -0.25) is 0 Å². The third-order valence-electron chi connectivity index (χ3n) is 3.03. The summed E-state index contributed by atoms with van der Waals surface area (Å²) >= 11 is 1.73. The number of nitrogens with one attached hydrogen (secondary N) is 1. The summed E-state index contributed by atoms with van der Waals surface area (Å²) in [6.07, 6.45) is 0. The molecule has 2 aromatic heterocycles. The van der Waals surface area contributed by atoms with Gasteiger partial charge in [0.2, 0.25) is 0 Å². The van der Waals surface area contributed by atoms with E-state index >= 15 is 0 Å². The van der Waals surface area contributed by atoms with Crippen LogP contribution in [0.1, 0.15) is 26.5 Å². The van der Waals surface area contributed by atoms with Crippen molar-refractivity contribution in [3.05, 3.63) is 42.1 Å². The molecule has 4 heteroatoms. The minimum atomic E-state index is 0.0801. The van der Waals surface area contributed by atoms with Crippen LogP contribution in [0, 0.1) is 0 Å². The van der Waals surface area contributed by atoms with Crippen LogP contribution in [0.25, 0.3) is 20.7 Å². The average Bonchev–Trinajstić information content (AvgIpc) is 3.01. The fraction of sp³-hybridized carbons (Fsp3) is 0.312. The van der Waals surface area contributed by atoms with Crippen LogP contribution < -0.4 is 5.32 Å². The second kappa shape index (κ2) is 5.04. The first-order valence-corrected chi connectivity index (χ1v) is 7.52. The van der Waals surface area contributed by atoms with Gasteiger partial charge in [-0.05, 0) is 38.3 Å². The molecule has 0 bridgehead atoms. The van der Waals surface area contributed by atoms with Crippen molar-refractivity contribution >= 4 is 21.4 Å². The maximum absolute atomic E-state index is 5.47. The Morgan fingerprint density at radius 2 is 2.00 bits per heavy atom. The fourth-order valence-corrected chi connectivity index (χ4v) is 2.98. The lowest BCUT2D eigenvalue weighted by Gasteiger charge is -2.19. The Bertz CT molecular complexity index is 688. The molecular formula is C16H18N2OS. The number of thiophene rings is 1. The Balaban J connectivity index is 1.82. The number of fused-ring (bicyclic) bond motifs is 1. The van der Waals surface area contributed by atoms with E-state index < -0.39 is 0 Å². The lowest BCUT2D eigenvalue weighted by Crippen LogP contribution is -2.35. The summed E-state index contributed by atoms with van der Waals surface area (Å²) in [6, 6.07) is 12.5. The molecule has 3 rings (SSSR count). The second-order valence-electron chi connectivity index (χ2n) is 5.93. The summed E-state index contributed by atoms with van der Waals surface area (Å²) in [7, 11) is 0. The number of hydrogen-bond acceptors (Lipinski definition) is 4. The maximum Gasteiger partial charge on any atom is 0.177 e. The van der Waals surface area contributed by atoms with Gasteiger partial charge in [0, 0.05) is 22.8 Å². The molecule has 20 heavy (non-hydrogen) atoms. The Morgan fingerprint density at radius 3 is 2.75 bits per heavy atom. The SMILES string of the molecule is CC(C)(C)NCc1cc(-c2cc3ccccc3s2)on1. The van der Waals surface area contributed by atoms with E-state index in [0.29, 0.717) is 0 Å². The van der Waals surface area contributed by atoms with E-state index in [2.05, 4.69) is 61.6 Å². The quantitative estimate of drug-likeness (QED) is 0.773. The van der Waals surface area contributed by atoms with E-state index in [4.69, 9.17) is 4.52 Å². The fourth-order valence-electron chi connectivity index (χ4n) is 1.97. The third-order valence-corrected chi connectivity index (χ3v) is 4.16. The van der Waals surface area contributed by atoms with Gasteiger partial charge < -0.3 is 9.84 Å². The standard InChI is InChI=1S/C16H18N2OS/c1-16(2,3)17-10-12-9-13(19-18-12)15-8-11-6-4-5-7-14(11)20-15/h4-9,17H,10H2,1-3H3. The van der Waals surface area contributed by atoms with E-state index in [1.54, 1.807) is 11.3 Å². The first-order valence-electron chi connectivity index (χ1n) is 6.71. The van der Waals surface area contributed by atoms with Gasteiger partial charge in [0.15, 0.2) is 5.76 Å². The normalized spacial score (nSPS) is 12.2. The molecule has 1 aromatic carbocycles. The molecule has 0 atom stereocenters. The highest BCUT2D eigenvalue weighted by atomic mass is 32.1. The molecule has 0 aliphatic carbocycles. The van der Waals surface area contributed by atoms with E-state index in [-0.39, 0.29) is 5.54 Å². The molecule has 2 heterocycles. The predicted octanol–water partition coefficient (Wildman–Crippen LogP) is 4.44. The molecule has 3 aromatic rings. The first kappa shape index (κ1) is 13.3. The molecule has 0 unspecified atom stereocenters. The molecule has 0 saturated carbocycles. The average molecular weight is 286 g/mol. The number of benzene rings is 1. The smallest absolute Gasteiger partial charge is 0.177 e. The van der Waals surface area contributed by atoms with Gasteiger partial charge in [0.1, 0.15) is 0 Å². The summed E-state index contributed by atoms with van der Waals surface area (Å²) in [5.74, 6) is 0.844. The number of aromatic nitrogens is 1. The lowest BCUT2D eigenvalue weighted by atomic mass is 10.1. The van der Waals surface area contributed by atoms with E-state index in [1.165, 1.54) is 10.1 Å². The van der Waals surface area contributed by atoms with Gasteiger partial charge in [-0.15, -0.1) is 11.3 Å². The maximum atomic E-state index is 5.47. The molecule has 0 aliphatic heterocycles. The van der Waals surface area contributed by atoms with Crippen LogP contribution in [-0.2, 0) is 6.54 Å². The zero-order valence-electron chi connectivity index (χ0n) is 11.9. The molecule has 0 saturated heterocycles. The van der Waals surface area contributed by atoms with Crippen molar-refractivity contribution in [3.63, 3.8) is 0 Å². The molecule has 104 valence electrons. The third kappa shape index (κ3) is 2.92. The highest BCUT2D eigenvalue weighted by molar-refractivity contribution is 7.22. The molecule has 3 nitrogen and oxygen atoms in total. The van der Waals surface area contributed by atoms with Crippen LogP contribution in [0.3, 0.4) is 0 Å². The Kier molecular flexibility index (Phi) is 3.36. The van der Waals surface area contributed by atoms with Crippen LogP contribution in [-0.4, -0.2) is 10.7 Å². The van der Waals surface area contributed by atoms with Crippen LogP contribution in [0.4, 0.5) is 0 Å². The Labute approximate surface area is 122 Å². The first-order chi connectivity index (χ1) is 9.51. The summed E-state index contributed by atoms with van der Waals surface area (Å²) in [5, 5.41) is 8.79. The van der Waals surface area contributed by atoms with Gasteiger partial charge in [-0.2, -0.15) is 0 Å². The number of nitrogens with zero attached hydrogens (tertiary/aromatic N) is 1. The van der Waals surface area contributed by atoms with E-state index in [0.717, 1.165) is 22.9 Å². The van der Waals surface area contributed by atoms with Crippen LogP contribution in [0.2, 0.25) is 0 Å². The highest BCUT2D eigenvalue weighted by Crippen LogP contribution is 2.33. The van der Waals surface area contributed by atoms with Crippen LogP contribution in [0.15, 0.2) is 40.9 Å². The van der Waals surface area contributed by atoms with Crippen molar-refractivity contribution < 1.29 is 4.52 Å². The highest BCUT2D eigenvalue weighted by Gasteiger charge is 2.13. The van der Waals surface area contributed by atoms with Gasteiger partial charge in [0.25, 0.3) is 0 Å². The van der Waals surface area contributed by atoms with Crippen molar-refractivity contribution in [1.82, 2.24) is 10.5 Å². The summed E-state index contributed by atoms with van der Waals surface area (Å²) in [5.41, 5.74) is 1.02. The lowest BCUT2D eigenvalue weighted by molar-refractivity contribution is 0.393. The van der Waals surface area contributed by atoms with Gasteiger partial charge >= 0.3 is 0 Å². The number of hydrogen-bond donors (Lipinski definition) is 1. The molecule has 0 amide bonds. The molecule has 0 spiro atoms. The van der Waals surface area contributed by atoms with Gasteiger partial charge in [0.05, 0.1) is 10.6 Å². The van der Waals surface area contributed by atoms with Crippen molar-refractivity contribution in [2.45, 2.75) is 32.9 Å². The van der Waals surface area contributed by atoms with Crippen LogP contribution in [0.5, 0.6) is 0 Å². The molecule has 0 fully saturated rings. The summed E-state index contributed by atoms with van der Waals surface area (Å²) in [4.78, 5) is 1.13. The minimum Gasteiger partial charge on any atom is -0.355 e. The topological polar surface area (TPSA) is 38.1 Å². The molecular weight excluding hydrogens is 268 g/mol. The largest absolute Gasteiger partial charge is 0.355 e. The van der Waals surface area contributed by atoms with Gasteiger partial charge in [-0.25, -0.2) is 0 Å². The van der Waals surface area contributed by atoms with Crippen molar-refractivity contribution in [1.29, 1.82) is 0 Å². The predicted molar refractivity (Wildman–Crippen MR) is 83.9 cm³/mol. The second-order valence-corrected chi connectivity index (χ2v) is 7.02. The monoisotopic (exact) mass is 286 g/mol. The van der Waals surface area contributed by atoms with E-state index in [1.807, 2.05) is 6.07 Å². The Morgan fingerprint density at radius 1 is 1.20 bits per heavy atom. The zero-order chi connectivity index (χ0) is 14.2. The zero-order valence-corrected chi connectivity index (χ0v) is 12.8. The van der Waals surface area contributed by atoms with Gasteiger partial charge in [-0.1, -0.05) is 23.4 Å². The van der Waals surface area contributed by atoms with Crippen molar-refractivity contribution in [2.75, 3.05) is 0 Å². The Hall–Kier alpha value is -1.65. The minimum absolute atomic E-state index is 0.0801. The van der Waals surface area contributed by atoms with Crippen molar-refractivity contribution in [3.8, 4) is 10.6 Å². The molecule has 0 aliphatic rings. The van der Waals surface area contributed by atoms with E-state index in [9.17, 15) is 0 Å². The summed E-state index contributed by atoms with van der Waals surface area (Å²) < 4.78 is 6.74. The molecule has 1 N–H and O–H groups in total. The molecule has 0 radical (unpaired) electrons.